The molecule has 104 valence electrons. The van der Waals surface area contributed by atoms with Crippen LogP contribution in [-0.4, -0.2) is 33.0 Å². The fourth-order valence-corrected chi connectivity index (χ4v) is 1.48. The summed E-state index contributed by atoms with van der Waals surface area (Å²) in [5.74, 6) is 1.49. The molecular weight excluding hydrogens is 248 g/mol. The highest BCUT2D eigenvalue weighted by Gasteiger charge is 2.14. The van der Waals surface area contributed by atoms with Crippen molar-refractivity contribution in [2.45, 2.75) is 6.92 Å². The van der Waals surface area contributed by atoms with Gasteiger partial charge in [-0.1, -0.05) is 0 Å². The zero-order chi connectivity index (χ0) is 14.4. The van der Waals surface area contributed by atoms with Crippen molar-refractivity contribution in [2.24, 2.45) is 21.7 Å². The SMILES string of the molecule is COc1cc(/C(C)=N/N=C(N)N)cc(OC)c1OC. The Morgan fingerprint density at radius 3 is 1.84 bits per heavy atom. The number of guanidine groups is 1. The van der Waals surface area contributed by atoms with Crippen molar-refractivity contribution >= 4 is 11.7 Å². The highest BCUT2D eigenvalue weighted by molar-refractivity contribution is 6.00. The van der Waals surface area contributed by atoms with E-state index >= 15 is 0 Å². The first kappa shape index (κ1) is 14.6. The van der Waals surface area contributed by atoms with Crippen LogP contribution in [-0.2, 0) is 0 Å². The minimum absolute atomic E-state index is 0.105. The number of hydrogen-bond acceptors (Lipinski definition) is 5. The van der Waals surface area contributed by atoms with Gasteiger partial charge in [-0.2, -0.15) is 5.10 Å². The van der Waals surface area contributed by atoms with Crippen LogP contribution in [0.3, 0.4) is 0 Å². The second-order valence-electron chi connectivity index (χ2n) is 3.62. The van der Waals surface area contributed by atoms with Crippen LogP contribution in [0, 0.1) is 0 Å². The average Bonchev–Trinajstić information content (AvgIpc) is 2.42. The predicted molar refractivity (Wildman–Crippen MR) is 74.1 cm³/mol. The van der Waals surface area contributed by atoms with Gasteiger partial charge >= 0.3 is 0 Å². The smallest absolute Gasteiger partial charge is 0.211 e. The Morgan fingerprint density at radius 1 is 0.947 bits per heavy atom. The molecule has 0 spiro atoms. The summed E-state index contributed by atoms with van der Waals surface area (Å²) in [5.41, 5.74) is 11.8. The van der Waals surface area contributed by atoms with Crippen LogP contribution >= 0.6 is 0 Å². The van der Waals surface area contributed by atoms with Gasteiger partial charge < -0.3 is 25.7 Å². The van der Waals surface area contributed by atoms with Crippen molar-refractivity contribution in [3.63, 3.8) is 0 Å². The molecule has 7 nitrogen and oxygen atoms in total. The summed E-state index contributed by atoms with van der Waals surface area (Å²) in [4.78, 5) is 0. The van der Waals surface area contributed by atoms with Crippen LogP contribution in [0.2, 0.25) is 0 Å². The molecule has 1 rings (SSSR count). The van der Waals surface area contributed by atoms with Gasteiger partial charge in [0.2, 0.25) is 11.7 Å². The number of rotatable bonds is 5. The molecule has 0 bridgehead atoms. The van der Waals surface area contributed by atoms with E-state index in [0.717, 1.165) is 5.56 Å². The van der Waals surface area contributed by atoms with Crippen molar-refractivity contribution in [2.75, 3.05) is 21.3 Å². The van der Waals surface area contributed by atoms with Crippen LogP contribution in [0.25, 0.3) is 0 Å². The van der Waals surface area contributed by atoms with Gasteiger partial charge in [-0.15, -0.1) is 5.10 Å². The summed E-state index contributed by atoms with van der Waals surface area (Å²) in [7, 11) is 4.63. The van der Waals surface area contributed by atoms with Crippen LogP contribution in [0.4, 0.5) is 0 Å². The fourth-order valence-electron chi connectivity index (χ4n) is 1.48. The predicted octanol–water partition coefficient (Wildman–Crippen LogP) is 0.710. The summed E-state index contributed by atoms with van der Waals surface area (Å²) in [6.45, 7) is 1.77. The van der Waals surface area contributed by atoms with Crippen LogP contribution in [0.1, 0.15) is 12.5 Å². The van der Waals surface area contributed by atoms with Crippen molar-refractivity contribution in [1.82, 2.24) is 0 Å². The topological polar surface area (TPSA) is 104 Å². The maximum Gasteiger partial charge on any atom is 0.211 e. The normalized spacial score (nSPS) is 10.8. The van der Waals surface area contributed by atoms with Gasteiger partial charge in [-0.25, -0.2) is 0 Å². The third-order valence-electron chi connectivity index (χ3n) is 2.40. The highest BCUT2D eigenvalue weighted by Crippen LogP contribution is 2.38. The fraction of sp³-hybridized carbons (Fsp3) is 0.333. The van der Waals surface area contributed by atoms with E-state index in [-0.39, 0.29) is 5.96 Å². The average molecular weight is 266 g/mol. The molecule has 0 aromatic heterocycles. The first-order valence-corrected chi connectivity index (χ1v) is 5.47. The zero-order valence-corrected chi connectivity index (χ0v) is 11.4. The van der Waals surface area contributed by atoms with E-state index in [1.165, 1.54) is 0 Å². The first-order valence-electron chi connectivity index (χ1n) is 5.47. The summed E-state index contributed by atoms with van der Waals surface area (Å²) < 4.78 is 15.7. The standard InChI is InChI=1S/C12H18N4O3/c1-7(15-16-12(13)14)8-5-9(17-2)11(19-4)10(6-8)18-3/h5-6H,1-4H3,(H4,13,14,16)/b15-7+. The molecule has 0 aliphatic rings. The Hall–Kier alpha value is -2.44. The Labute approximate surface area is 111 Å². The van der Waals surface area contributed by atoms with Gasteiger partial charge in [-0.05, 0) is 19.1 Å². The highest BCUT2D eigenvalue weighted by atomic mass is 16.5. The molecule has 0 amide bonds. The van der Waals surface area contributed by atoms with E-state index in [0.29, 0.717) is 23.0 Å². The number of ether oxygens (including phenoxy) is 3. The van der Waals surface area contributed by atoms with E-state index < -0.39 is 0 Å². The maximum absolute atomic E-state index is 5.25. The maximum atomic E-state index is 5.25. The van der Waals surface area contributed by atoms with E-state index in [4.69, 9.17) is 25.7 Å². The number of benzene rings is 1. The second kappa shape index (κ2) is 6.48. The summed E-state index contributed by atoms with van der Waals surface area (Å²) >= 11 is 0. The summed E-state index contributed by atoms with van der Waals surface area (Å²) in [6.07, 6.45) is 0. The van der Waals surface area contributed by atoms with Gasteiger partial charge in [0.15, 0.2) is 11.5 Å². The lowest BCUT2D eigenvalue weighted by Gasteiger charge is -2.13. The molecule has 19 heavy (non-hydrogen) atoms. The number of nitrogens with two attached hydrogens (primary N) is 2. The summed E-state index contributed by atoms with van der Waals surface area (Å²) in [5, 5.41) is 7.50. The van der Waals surface area contributed by atoms with Gasteiger partial charge in [0, 0.05) is 5.56 Å². The van der Waals surface area contributed by atoms with E-state index in [1.807, 2.05) is 0 Å². The first-order chi connectivity index (χ1) is 9.03. The lowest BCUT2D eigenvalue weighted by molar-refractivity contribution is 0.324. The third-order valence-corrected chi connectivity index (χ3v) is 2.40. The quantitative estimate of drug-likeness (QED) is 0.464. The van der Waals surface area contributed by atoms with Crippen molar-refractivity contribution in [1.29, 1.82) is 0 Å². The number of hydrogen-bond donors (Lipinski definition) is 2. The molecular formula is C12H18N4O3. The van der Waals surface area contributed by atoms with Crippen LogP contribution in [0.5, 0.6) is 17.2 Å². The summed E-state index contributed by atoms with van der Waals surface area (Å²) in [6, 6.07) is 3.53. The zero-order valence-electron chi connectivity index (χ0n) is 11.4. The molecule has 1 aromatic rings. The molecule has 0 saturated carbocycles. The van der Waals surface area contributed by atoms with Gasteiger partial charge in [0.25, 0.3) is 0 Å². The lowest BCUT2D eigenvalue weighted by atomic mass is 10.1. The van der Waals surface area contributed by atoms with Gasteiger partial charge in [-0.3, -0.25) is 0 Å². The van der Waals surface area contributed by atoms with Crippen molar-refractivity contribution < 1.29 is 14.2 Å². The van der Waals surface area contributed by atoms with E-state index in [2.05, 4.69) is 10.2 Å². The molecule has 0 radical (unpaired) electrons. The Kier molecular flexibility index (Phi) is 4.99. The van der Waals surface area contributed by atoms with Crippen molar-refractivity contribution in [3.05, 3.63) is 17.7 Å². The van der Waals surface area contributed by atoms with Gasteiger partial charge in [0.1, 0.15) is 0 Å². The molecule has 0 unspecified atom stereocenters. The molecule has 0 aliphatic carbocycles. The van der Waals surface area contributed by atoms with Crippen LogP contribution < -0.4 is 25.7 Å². The molecule has 0 heterocycles. The number of nitrogens with zero attached hydrogens (tertiary/aromatic N) is 2. The lowest BCUT2D eigenvalue weighted by Crippen LogP contribution is -2.22. The molecule has 0 atom stereocenters. The minimum atomic E-state index is -0.105. The Bertz CT molecular complexity index is 483. The van der Waals surface area contributed by atoms with E-state index in [1.54, 1.807) is 40.4 Å². The molecule has 4 N–H and O–H groups in total. The Balaban J connectivity index is 3.30. The Morgan fingerprint density at radius 2 is 1.47 bits per heavy atom. The minimum Gasteiger partial charge on any atom is -0.493 e. The molecule has 7 heteroatoms. The third kappa shape index (κ3) is 3.51. The monoisotopic (exact) mass is 266 g/mol. The molecule has 0 aliphatic heterocycles. The van der Waals surface area contributed by atoms with Crippen LogP contribution in [0.15, 0.2) is 22.3 Å². The largest absolute Gasteiger partial charge is 0.493 e. The number of methoxy groups -OCH3 is 3. The van der Waals surface area contributed by atoms with Crippen molar-refractivity contribution in [3.8, 4) is 17.2 Å². The second-order valence-corrected chi connectivity index (χ2v) is 3.62. The van der Waals surface area contributed by atoms with E-state index in [9.17, 15) is 0 Å². The molecule has 0 saturated heterocycles. The molecule has 0 fully saturated rings. The molecule has 1 aromatic carbocycles. The van der Waals surface area contributed by atoms with Gasteiger partial charge in [0.05, 0.1) is 27.0 Å².